The molecule has 0 aliphatic carbocycles. The average molecular weight is 293 g/mol. The normalized spacial score (nSPS) is 12.4. The van der Waals surface area contributed by atoms with Crippen LogP contribution in [0.15, 0.2) is 36.4 Å². The molecule has 0 aromatic heterocycles. The van der Waals surface area contributed by atoms with Gasteiger partial charge < -0.3 is 5.32 Å². The van der Waals surface area contributed by atoms with Crippen LogP contribution < -0.4 is 5.32 Å². The number of aryl methyl sites for hydroxylation is 1. The Hall–Kier alpha value is -1.81. The van der Waals surface area contributed by atoms with Crippen molar-refractivity contribution < 1.29 is 13.2 Å². The zero-order valence-electron chi connectivity index (χ0n) is 12.1. The molecule has 0 saturated heterocycles. The fourth-order valence-corrected chi connectivity index (χ4v) is 2.23. The van der Waals surface area contributed by atoms with Gasteiger partial charge in [0.05, 0.1) is 6.04 Å². The van der Waals surface area contributed by atoms with Crippen molar-refractivity contribution in [1.29, 1.82) is 0 Å². The van der Waals surface area contributed by atoms with Crippen LogP contribution in [0.5, 0.6) is 0 Å². The minimum absolute atomic E-state index is 0.234. The fraction of sp³-hybridized carbons (Fsp3) is 0.294. The van der Waals surface area contributed by atoms with Crippen molar-refractivity contribution in [3.8, 4) is 0 Å². The standard InChI is InChI=1S/C17H18F3N/c1-3-8-21-17(12-4-6-13(18)7-5-12)14-10-15(19)11(2)9-16(14)20/h4-7,9-10,17,21H,3,8H2,1-2H3. The molecule has 0 amide bonds. The molecule has 1 nitrogen and oxygen atoms in total. The predicted molar refractivity (Wildman–Crippen MR) is 77.6 cm³/mol. The summed E-state index contributed by atoms with van der Waals surface area (Å²) >= 11 is 0. The van der Waals surface area contributed by atoms with Crippen molar-refractivity contribution >= 4 is 0 Å². The lowest BCUT2D eigenvalue weighted by atomic mass is 9.96. The highest BCUT2D eigenvalue weighted by Crippen LogP contribution is 2.26. The molecule has 2 aromatic carbocycles. The molecule has 1 unspecified atom stereocenters. The molecular weight excluding hydrogens is 275 g/mol. The Morgan fingerprint density at radius 3 is 2.29 bits per heavy atom. The van der Waals surface area contributed by atoms with E-state index in [2.05, 4.69) is 5.32 Å². The molecular formula is C17H18F3N. The Kier molecular flexibility index (Phi) is 5.02. The molecule has 2 aromatic rings. The van der Waals surface area contributed by atoms with Crippen LogP contribution in [0.2, 0.25) is 0 Å². The van der Waals surface area contributed by atoms with E-state index in [9.17, 15) is 13.2 Å². The highest BCUT2D eigenvalue weighted by Gasteiger charge is 2.19. The molecule has 0 saturated carbocycles. The summed E-state index contributed by atoms with van der Waals surface area (Å²) in [5.41, 5.74) is 1.20. The Morgan fingerprint density at radius 1 is 1.00 bits per heavy atom. The Labute approximate surface area is 122 Å². The maximum Gasteiger partial charge on any atom is 0.128 e. The second kappa shape index (κ2) is 6.76. The first-order chi connectivity index (χ1) is 10.0. The van der Waals surface area contributed by atoms with E-state index in [1.165, 1.54) is 31.2 Å². The number of nitrogens with one attached hydrogen (secondary N) is 1. The predicted octanol–water partition coefficient (Wildman–Crippen LogP) is 4.50. The average Bonchev–Trinajstić information content (AvgIpc) is 2.46. The molecule has 112 valence electrons. The van der Waals surface area contributed by atoms with Gasteiger partial charge in [-0.15, -0.1) is 0 Å². The molecule has 1 N–H and O–H groups in total. The lowest BCUT2D eigenvalue weighted by Crippen LogP contribution is -2.24. The number of halogens is 3. The zero-order chi connectivity index (χ0) is 15.4. The van der Waals surface area contributed by atoms with Crippen LogP contribution in [0.3, 0.4) is 0 Å². The van der Waals surface area contributed by atoms with Gasteiger partial charge in [-0.25, -0.2) is 13.2 Å². The first kappa shape index (κ1) is 15.6. The van der Waals surface area contributed by atoms with Crippen LogP contribution in [-0.2, 0) is 0 Å². The molecule has 0 spiro atoms. The molecule has 1 atom stereocenters. The van der Waals surface area contributed by atoms with Gasteiger partial charge in [0.15, 0.2) is 0 Å². The van der Waals surface area contributed by atoms with Crippen LogP contribution in [0.25, 0.3) is 0 Å². The van der Waals surface area contributed by atoms with Gasteiger partial charge in [-0.1, -0.05) is 19.1 Å². The van der Waals surface area contributed by atoms with Crippen molar-refractivity contribution in [3.63, 3.8) is 0 Å². The minimum atomic E-state index is -0.499. The van der Waals surface area contributed by atoms with E-state index in [4.69, 9.17) is 0 Å². The SMILES string of the molecule is CCCNC(c1ccc(F)cc1)c1cc(F)c(C)cc1F. The summed E-state index contributed by atoms with van der Waals surface area (Å²) in [7, 11) is 0. The van der Waals surface area contributed by atoms with Crippen molar-refractivity contribution in [2.45, 2.75) is 26.3 Å². The Morgan fingerprint density at radius 2 is 1.67 bits per heavy atom. The first-order valence-corrected chi connectivity index (χ1v) is 6.97. The Bertz CT molecular complexity index is 608. The van der Waals surface area contributed by atoms with Gasteiger partial charge in [0.2, 0.25) is 0 Å². The molecule has 0 heterocycles. The van der Waals surface area contributed by atoms with Gasteiger partial charge in [0.1, 0.15) is 17.5 Å². The molecule has 4 heteroatoms. The number of rotatable bonds is 5. The summed E-state index contributed by atoms with van der Waals surface area (Å²) in [6.45, 7) is 4.16. The minimum Gasteiger partial charge on any atom is -0.306 e. The quantitative estimate of drug-likeness (QED) is 0.855. The first-order valence-electron chi connectivity index (χ1n) is 6.97. The fourth-order valence-electron chi connectivity index (χ4n) is 2.23. The van der Waals surface area contributed by atoms with Crippen LogP contribution in [0.4, 0.5) is 13.2 Å². The van der Waals surface area contributed by atoms with E-state index in [0.29, 0.717) is 12.1 Å². The van der Waals surface area contributed by atoms with E-state index >= 15 is 0 Å². The lowest BCUT2D eigenvalue weighted by molar-refractivity contribution is 0.531. The van der Waals surface area contributed by atoms with E-state index in [0.717, 1.165) is 6.42 Å². The summed E-state index contributed by atoms with van der Waals surface area (Å²) in [6.07, 6.45) is 0.855. The van der Waals surface area contributed by atoms with Crippen LogP contribution in [0, 0.1) is 24.4 Å². The van der Waals surface area contributed by atoms with Gasteiger partial charge in [0.25, 0.3) is 0 Å². The highest BCUT2D eigenvalue weighted by atomic mass is 19.1. The summed E-state index contributed by atoms with van der Waals surface area (Å²) < 4.78 is 41.0. The molecule has 0 fully saturated rings. The molecule has 21 heavy (non-hydrogen) atoms. The Balaban J connectivity index is 2.45. The van der Waals surface area contributed by atoms with Gasteiger partial charge >= 0.3 is 0 Å². The van der Waals surface area contributed by atoms with E-state index in [-0.39, 0.29) is 16.9 Å². The lowest BCUT2D eigenvalue weighted by Gasteiger charge is -2.20. The molecule has 2 rings (SSSR count). The zero-order valence-corrected chi connectivity index (χ0v) is 12.1. The van der Waals surface area contributed by atoms with Crippen molar-refractivity contribution in [2.75, 3.05) is 6.54 Å². The van der Waals surface area contributed by atoms with Crippen LogP contribution in [0.1, 0.15) is 36.1 Å². The van der Waals surface area contributed by atoms with Crippen molar-refractivity contribution in [1.82, 2.24) is 5.32 Å². The smallest absolute Gasteiger partial charge is 0.128 e. The second-order valence-corrected chi connectivity index (χ2v) is 5.06. The third-order valence-electron chi connectivity index (χ3n) is 3.39. The van der Waals surface area contributed by atoms with Gasteiger partial charge in [-0.2, -0.15) is 0 Å². The summed E-state index contributed by atoms with van der Waals surface area (Å²) in [5, 5.41) is 3.18. The van der Waals surface area contributed by atoms with E-state index < -0.39 is 17.7 Å². The van der Waals surface area contributed by atoms with E-state index in [1.54, 1.807) is 12.1 Å². The maximum absolute atomic E-state index is 14.2. The van der Waals surface area contributed by atoms with Crippen LogP contribution >= 0.6 is 0 Å². The third kappa shape index (κ3) is 3.64. The monoisotopic (exact) mass is 293 g/mol. The third-order valence-corrected chi connectivity index (χ3v) is 3.39. The van der Waals surface area contributed by atoms with Gasteiger partial charge in [0, 0.05) is 5.56 Å². The molecule has 0 aliphatic rings. The largest absolute Gasteiger partial charge is 0.306 e. The highest BCUT2D eigenvalue weighted by molar-refractivity contribution is 5.35. The van der Waals surface area contributed by atoms with Crippen LogP contribution in [-0.4, -0.2) is 6.54 Å². The van der Waals surface area contributed by atoms with E-state index in [1.807, 2.05) is 6.92 Å². The number of hydrogen-bond donors (Lipinski definition) is 1. The summed E-state index contributed by atoms with van der Waals surface area (Å²) in [6, 6.07) is 7.70. The van der Waals surface area contributed by atoms with Gasteiger partial charge in [-0.3, -0.25) is 0 Å². The number of benzene rings is 2. The van der Waals surface area contributed by atoms with Gasteiger partial charge in [-0.05, 0) is 55.3 Å². The molecule has 0 bridgehead atoms. The van der Waals surface area contributed by atoms with Crippen molar-refractivity contribution in [3.05, 3.63) is 70.5 Å². The van der Waals surface area contributed by atoms with Crippen molar-refractivity contribution in [2.24, 2.45) is 0 Å². The number of hydrogen-bond acceptors (Lipinski definition) is 1. The summed E-state index contributed by atoms with van der Waals surface area (Å²) in [4.78, 5) is 0. The topological polar surface area (TPSA) is 12.0 Å². The second-order valence-electron chi connectivity index (χ2n) is 5.06. The molecule has 0 aliphatic heterocycles. The molecule has 0 radical (unpaired) electrons. The maximum atomic E-state index is 14.2. The summed E-state index contributed by atoms with van der Waals surface area (Å²) in [5.74, 6) is -1.27.